The fourth-order valence-electron chi connectivity index (χ4n) is 3.56. The standard InChI is InChI=1S/C21H20N2O2/c1-13(22)15-7-8-19(21-18(15)6-3-11-25-21)20(24)17-5-2-4-14-12-23-10-9-16(14)17/h2,4-5,7-10,12-13H,3,6,11,22H2,1H3/t13-/m1/s1. The Morgan fingerprint density at radius 1 is 1.20 bits per heavy atom. The van der Waals surface area contributed by atoms with Crippen LogP contribution in [0.1, 0.15) is 46.4 Å². The summed E-state index contributed by atoms with van der Waals surface area (Å²) in [5.41, 5.74) is 9.53. The Bertz CT molecular complexity index is 958. The molecule has 0 saturated carbocycles. The second-order valence-corrected chi connectivity index (χ2v) is 6.48. The van der Waals surface area contributed by atoms with Gasteiger partial charge in [0.15, 0.2) is 5.78 Å². The Morgan fingerprint density at radius 3 is 2.92 bits per heavy atom. The topological polar surface area (TPSA) is 65.2 Å². The monoisotopic (exact) mass is 332 g/mol. The quantitative estimate of drug-likeness (QED) is 0.741. The molecule has 25 heavy (non-hydrogen) atoms. The maximum absolute atomic E-state index is 13.3. The molecule has 4 heteroatoms. The third-order valence-corrected chi connectivity index (χ3v) is 4.77. The van der Waals surface area contributed by atoms with Gasteiger partial charge in [-0.25, -0.2) is 0 Å². The zero-order chi connectivity index (χ0) is 17.4. The first kappa shape index (κ1) is 15.8. The molecule has 0 amide bonds. The highest BCUT2D eigenvalue weighted by atomic mass is 16.5. The number of carbonyl (C=O) groups is 1. The van der Waals surface area contributed by atoms with Crippen molar-refractivity contribution in [2.24, 2.45) is 5.73 Å². The van der Waals surface area contributed by atoms with Crippen LogP contribution in [-0.4, -0.2) is 17.4 Å². The summed E-state index contributed by atoms with van der Waals surface area (Å²) in [7, 11) is 0. The third-order valence-electron chi connectivity index (χ3n) is 4.77. The summed E-state index contributed by atoms with van der Waals surface area (Å²) in [5.74, 6) is 0.684. The fourth-order valence-corrected chi connectivity index (χ4v) is 3.56. The van der Waals surface area contributed by atoms with Crippen molar-refractivity contribution < 1.29 is 9.53 Å². The Hall–Kier alpha value is -2.72. The first-order valence-corrected chi connectivity index (χ1v) is 8.58. The fraction of sp³-hybridized carbons (Fsp3) is 0.238. The first-order valence-electron chi connectivity index (χ1n) is 8.58. The van der Waals surface area contributed by atoms with Gasteiger partial charge in [-0.05, 0) is 48.4 Å². The van der Waals surface area contributed by atoms with Gasteiger partial charge in [0.25, 0.3) is 0 Å². The lowest BCUT2D eigenvalue weighted by molar-refractivity contribution is 0.103. The molecule has 4 rings (SSSR count). The zero-order valence-corrected chi connectivity index (χ0v) is 14.2. The number of nitrogens with zero attached hydrogens (tertiary/aromatic N) is 1. The molecular weight excluding hydrogens is 312 g/mol. The second kappa shape index (κ2) is 6.30. The van der Waals surface area contributed by atoms with Crippen molar-refractivity contribution in [3.8, 4) is 5.75 Å². The number of hydrogen-bond acceptors (Lipinski definition) is 4. The van der Waals surface area contributed by atoms with Crippen LogP contribution < -0.4 is 10.5 Å². The van der Waals surface area contributed by atoms with E-state index in [2.05, 4.69) is 4.98 Å². The second-order valence-electron chi connectivity index (χ2n) is 6.48. The highest BCUT2D eigenvalue weighted by Crippen LogP contribution is 2.36. The van der Waals surface area contributed by atoms with E-state index in [0.29, 0.717) is 23.5 Å². The summed E-state index contributed by atoms with van der Waals surface area (Å²) in [6.07, 6.45) is 5.33. The minimum absolute atomic E-state index is 0.0221. The van der Waals surface area contributed by atoms with Gasteiger partial charge in [0, 0.05) is 29.4 Å². The number of benzene rings is 2. The van der Waals surface area contributed by atoms with E-state index in [1.807, 2.05) is 43.3 Å². The molecule has 2 aromatic carbocycles. The Balaban J connectivity index is 1.88. The summed E-state index contributed by atoms with van der Waals surface area (Å²) in [5, 5.41) is 1.86. The van der Waals surface area contributed by atoms with Gasteiger partial charge >= 0.3 is 0 Å². The predicted octanol–water partition coefficient (Wildman–Crippen LogP) is 3.81. The highest BCUT2D eigenvalue weighted by Gasteiger charge is 2.24. The molecule has 0 radical (unpaired) electrons. The number of aromatic nitrogens is 1. The molecule has 2 heterocycles. The van der Waals surface area contributed by atoms with E-state index in [1.165, 1.54) is 0 Å². The average molecular weight is 332 g/mol. The SMILES string of the molecule is C[C@@H](N)c1ccc(C(=O)c2cccc3cnccc23)c2c1CCCO2. The minimum Gasteiger partial charge on any atom is -0.493 e. The molecule has 0 spiro atoms. The van der Waals surface area contributed by atoms with E-state index in [0.717, 1.165) is 34.7 Å². The lowest BCUT2D eigenvalue weighted by Gasteiger charge is -2.24. The van der Waals surface area contributed by atoms with Crippen LogP contribution in [-0.2, 0) is 6.42 Å². The zero-order valence-electron chi connectivity index (χ0n) is 14.2. The van der Waals surface area contributed by atoms with Crippen molar-refractivity contribution in [1.82, 2.24) is 4.98 Å². The molecule has 2 N–H and O–H groups in total. The maximum atomic E-state index is 13.3. The van der Waals surface area contributed by atoms with Gasteiger partial charge in [0.2, 0.25) is 0 Å². The van der Waals surface area contributed by atoms with Gasteiger partial charge in [-0.15, -0.1) is 0 Å². The maximum Gasteiger partial charge on any atom is 0.197 e. The molecule has 126 valence electrons. The Labute approximate surface area is 146 Å². The van der Waals surface area contributed by atoms with Crippen LogP contribution in [0.2, 0.25) is 0 Å². The van der Waals surface area contributed by atoms with E-state index in [1.54, 1.807) is 12.4 Å². The van der Waals surface area contributed by atoms with Gasteiger partial charge in [0.05, 0.1) is 12.2 Å². The molecule has 1 atom stereocenters. The van der Waals surface area contributed by atoms with E-state index >= 15 is 0 Å². The van der Waals surface area contributed by atoms with Crippen molar-refractivity contribution in [3.63, 3.8) is 0 Å². The molecule has 0 bridgehead atoms. The van der Waals surface area contributed by atoms with Gasteiger partial charge in [-0.1, -0.05) is 24.3 Å². The van der Waals surface area contributed by atoms with Crippen LogP contribution in [0.15, 0.2) is 48.8 Å². The number of ketones is 1. The molecule has 0 aliphatic carbocycles. The Kier molecular flexibility index (Phi) is 3.98. The van der Waals surface area contributed by atoms with E-state index < -0.39 is 0 Å². The van der Waals surface area contributed by atoms with Crippen LogP contribution in [0.25, 0.3) is 10.8 Å². The molecule has 0 unspecified atom stereocenters. The van der Waals surface area contributed by atoms with Gasteiger partial charge in [-0.2, -0.15) is 0 Å². The summed E-state index contributed by atoms with van der Waals surface area (Å²) in [4.78, 5) is 17.4. The highest BCUT2D eigenvalue weighted by molar-refractivity contribution is 6.17. The third kappa shape index (κ3) is 2.68. The summed E-state index contributed by atoms with van der Waals surface area (Å²) in [6.45, 7) is 2.60. The van der Waals surface area contributed by atoms with Crippen molar-refractivity contribution in [3.05, 3.63) is 71.0 Å². The number of pyridine rings is 1. The normalized spacial score (nSPS) is 14.6. The van der Waals surface area contributed by atoms with Crippen LogP contribution in [0, 0.1) is 0 Å². The lowest BCUT2D eigenvalue weighted by Crippen LogP contribution is -2.18. The number of fused-ring (bicyclic) bond motifs is 2. The molecule has 1 aromatic heterocycles. The van der Waals surface area contributed by atoms with Crippen molar-refractivity contribution >= 4 is 16.6 Å². The minimum atomic E-state index is -0.0803. The summed E-state index contributed by atoms with van der Waals surface area (Å²) < 4.78 is 5.91. The van der Waals surface area contributed by atoms with E-state index in [-0.39, 0.29) is 11.8 Å². The van der Waals surface area contributed by atoms with Gasteiger partial charge < -0.3 is 10.5 Å². The van der Waals surface area contributed by atoms with E-state index in [9.17, 15) is 4.79 Å². The predicted molar refractivity (Wildman–Crippen MR) is 98.0 cm³/mol. The number of nitrogens with two attached hydrogens (primary N) is 1. The number of hydrogen-bond donors (Lipinski definition) is 1. The number of ether oxygens (including phenoxy) is 1. The lowest BCUT2D eigenvalue weighted by atomic mass is 9.90. The molecule has 0 saturated heterocycles. The Morgan fingerprint density at radius 2 is 2.08 bits per heavy atom. The van der Waals surface area contributed by atoms with Crippen LogP contribution in [0.5, 0.6) is 5.75 Å². The number of carbonyl (C=O) groups excluding carboxylic acids is 1. The average Bonchev–Trinajstić information content (AvgIpc) is 2.66. The van der Waals surface area contributed by atoms with E-state index in [4.69, 9.17) is 10.5 Å². The molecule has 0 fully saturated rings. The van der Waals surface area contributed by atoms with Gasteiger partial charge in [-0.3, -0.25) is 9.78 Å². The number of rotatable bonds is 3. The first-order chi connectivity index (χ1) is 12.2. The van der Waals surface area contributed by atoms with Crippen molar-refractivity contribution in [2.45, 2.75) is 25.8 Å². The van der Waals surface area contributed by atoms with Gasteiger partial charge in [0.1, 0.15) is 5.75 Å². The van der Waals surface area contributed by atoms with Crippen molar-refractivity contribution in [1.29, 1.82) is 0 Å². The summed E-state index contributed by atoms with van der Waals surface area (Å²) in [6, 6.07) is 11.3. The molecule has 4 nitrogen and oxygen atoms in total. The largest absolute Gasteiger partial charge is 0.493 e. The molecule has 1 aliphatic heterocycles. The van der Waals surface area contributed by atoms with Crippen LogP contribution in [0.3, 0.4) is 0 Å². The molecule has 1 aliphatic rings. The summed E-state index contributed by atoms with van der Waals surface area (Å²) >= 11 is 0. The smallest absolute Gasteiger partial charge is 0.197 e. The van der Waals surface area contributed by atoms with Crippen LogP contribution in [0.4, 0.5) is 0 Å². The molecular formula is C21H20N2O2. The molecule has 3 aromatic rings. The van der Waals surface area contributed by atoms with Crippen LogP contribution >= 0.6 is 0 Å². The van der Waals surface area contributed by atoms with Crippen molar-refractivity contribution in [2.75, 3.05) is 6.61 Å².